The van der Waals surface area contributed by atoms with Gasteiger partial charge in [-0.25, -0.2) is 0 Å². The van der Waals surface area contributed by atoms with Gasteiger partial charge in [-0.3, -0.25) is 0 Å². The number of nitrogens with zero attached hydrogens (tertiary/aromatic N) is 3. The molecule has 5 rings (SSSR count). The molecule has 0 saturated carbocycles. The van der Waals surface area contributed by atoms with Crippen molar-refractivity contribution in [1.82, 2.24) is 0 Å². The minimum absolute atomic E-state index is 0.815. The second-order valence-electron chi connectivity index (χ2n) is 7.64. The van der Waals surface area contributed by atoms with Crippen LogP contribution in [0.15, 0.2) is 150 Å². The molecule has 0 heterocycles. The first-order valence-electron chi connectivity index (χ1n) is 10.9. The number of hydrogen-bond acceptors (Lipinski definition) is 3. The molecule has 3 heteroatoms. The van der Waals surface area contributed by atoms with Crippen LogP contribution in [0.25, 0.3) is 11.1 Å². The maximum absolute atomic E-state index is 4.37. The van der Waals surface area contributed by atoms with Gasteiger partial charge in [-0.1, -0.05) is 78.9 Å². The van der Waals surface area contributed by atoms with Crippen LogP contribution < -0.4 is 4.90 Å². The van der Waals surface area contributed by atoms with Crippen LogP contribution in [-0.2, 0) is 0 Å². The minimum Gasteiger partial charge on any atom is -0.311 e. The van der Waals surface area contributed by atoms with Gasteiger partial charge in [-0.2, -0.15) is 10.2 Å². The molecule has 0 saturated heterocycles. The summed E-state index contributed by atoms with van der Waals surface area (Å²) in [6.45, 7) is 0. The van der Waals surface area contributed by atoms with E-state index in [2.05, 4.69) is 100 Å². The van der Waals surface area contributed by atoms with Crippen molar-refractivity contribution in [2.75, 3.05) is 4.90 Å². The lowest BCUT2D eigenvalue weighted by Crippen LogP contribution is -2.09. The second-order valence-corrected chi connectivity index (χ2v) is 7.64. The molecule has 158 valence electrons. The molecule has 0 aliphatic carbocycles. The molecule has 0 aliphatic heterocycles. The third-order valence-corrected chi connectivity index (χ3v) is 5.39. The topological polar surface area (TPSA) is 28.0 Å². The predicted octanol–water partition coefficient (Wildman–Crippen LogP) is 9.24. The molecule has 0 aliphatic rings. The van der Waals surface area contributed by atoms with Gasteiger partial charge in [0.2, 0.25) is 0 Å². The van der Waals surface area contributed by atoms with Gasteiger partial charge in [0.15, 0.2) is 0 Å². The number of hydrogen-bond donors (Lipinski definition) is 0. The molecule has 0 radical (unpaired) electrons. The average molecular weight is 426 g/mol. The van der Waals surface area contributed by atoms with Crippen LogP contribution in [0.5, 0.6) is 0 Å². The van der Waals surface area contributed by atoms with Crippen molar-refractivity contribution < 1.29 is 0 Å². The maximum Gasteiger partial charge on any atom is 0.0858 e. The van der Waals surface area contributed by atoms with Crippen LogP contribution >= 0.6 is 0 Å². The first kappa shape index (κ1) is 20.4. The van der Waals surface area contributed by atoms with E-state index in [9.17, 15) is 0 Å². The standard InChI is InChI=1S/C30H23N3/c1-4-10-24(11-5-1)25-16-20-29(21-17-25)33(28-14-8-3-9-15-28)30-22-18-27(19-23-30)32-31-26-12-6-2-7-13-26/h1-23H. The Morgan fingerprint density at radius 2 is 0.727 bits per heavy atom. The molecule has 5 aromatic rings. The summed E-state index contributed by atoms with van der Waals surface area (Å²) < 4.78 is 0. The summed E-state index contributed by atoms with van der Waals surface area (Å²) in [4.78, 5) is 2.24. The monoisotopic (exact) mass is 425 g/mol. The Labute approximate surface area is 194 Å². The van der Waals surface area contributed by atoms with Crippen molar-refractivity contribution in [1.29, 1.82) is 0 Å². The number of azo groups is 1. The fraction of sp³-hybridized carbons (Fsp3) is 0. The summed E-state index contributed by atoms with van der Waals surface area (Å²) in [7, 11) is 0. The van der Waals surface area contributed by atoms with Gasteiger partial charge in [0, 0.05) is 17.1 Å². The maximum atomic E-state index is 4.37. The first-order chi connectivity index (χ1) is 16.4. The van der Waals surface area contributed by atoms with E-state index < -0.39 is 0 Å². The minimum atomic E-state index is 0.815. The van der Waals surface area contributed by atoms with E-state index in [1.807, 2.05) is 54.6 Å². The van der Waals surface area contributed by atoms with Crippen LogP contribution in [0.4, 0.5) is 28.4 Å². The SMILES string of the molecule is c1ccc(N=Nc2ccc(N(c3ccccc3)c3ccc(-c4ccccc4)cc3)cc2)cc1. The fourth-order valence-electron chi connectivity index (χ4n) is 3.74. The van der Waals surface area contributed by atoms with Gasteiger partial charge in [-0.15, -0.1) is 0 Å². The van der Waals surface area contributed by atoms with E-state index in [0.29, 0.717) is 0 Å². The van der Waals surface area contributed by atoms with Gasteiger partial charge < -0.3 is 4.90 Å². The number of rotatable bonds is 6. The molecule has 0 unspecified atom stereocenters. The first-order valence-corrected chi connectivity index (χ1v) is 10.9. The molecule has 0 amide bonds. The summed E-state index contributed by atoms with van der Waals surface area (Å²) in [5, 5.41) is 8.69. The van der Waals surface area contributed by atoms with Gasteiger partial charge in [-0.05, 0) is 71.8 Å². The van der Waals surface area contributed by atoms with Crippen molar-refractivity contribution in [3.63, 3.8) is 0 Å². The normalized spacial score (nSPS) is 10.9. The zero-order valence-corrected chi connectivity index (χ0v) is 18.1. The van der Waals surface area contributed by atoms with Crippen molar-refractivity contribution in [2.24, 2.45) is 10.2 Å². The molecule has 33 heavy (non-hydrogen) atoms. The van der Waals surface area contributed by atoms with E-state index in [-0.39, 0.29) is 0 Å². The molecule has 0 atom stereocenters. The highest BCUT2D eigenvalue weighted by atomic mass is 15.1. The highest BCUT2D eigenvalue weighted by Gasteiger charge is 2.12. The van der Waals surface area contributed by atoms with Crippen LogP contribution in [0.1, 0.15) is 0 Å². The van der Waals surface area contributed by atoms with Gasteiger partial charge in [0.25, 0.3) is 0 Å². The van der Waals surface area contributed by atoms with Crippen molar-refractivity contribution in [2.45, 2.75) is 0 Å². The molecule has 0 bridgehead atoms. The van der Waals surface area contributed by atoms with Gasteiger partial charge >= 0.3 is 0 Å². The summed E-state index contributed by atoms with van der Waals surface area (Å²) >= 11 is 0. The Balaban J connectivity index is 1.45. The highest BCUT2D eigenvalue weighted by molar-refractivity contribution is 5.78. The van der Waals surface area contributed by atoms with Crippen LogP contribution in [0.3, 0.4) is 0 Å². The Kier molecular flexibility index (Phi) is 6.03. The molecule has 0 fully saturated rings. The fourth-order valence-corrected chi connectivity index (χ4v) is 3.74. The summed E-state index contributed by atoms with van der Waals surface area (Å²) in [6, 6.07) is 47.4. The Hall–Kier alpha value is -4.50. The van der Waals surface area contributed by atoms with Gasteiger partial charge in [0.05, 0.1) is 11.4 Å². The van der Waals surface area contributed by atoms with E-state index in [4.69, 9.17) is 0 Å². The summed E-state index contributed by atoms with van der Waals surface area (Å²) in [6.07, 6.45) is 0. The summed E-state index contributed by atoms with van der Waals surface area (Å²) in [5.41, 5.74) is 7.32. The molecule has 3 nitrogen and oxygen atoms in total. The van der Waals surface area contributed by atoms with E-state index in [1.54, 1.807) is 0 Å². The average Bonchev–Trinajstić information content (AvgIpc) is 2.91. The molecule has 0 spiro atoms. The zero-order chi connectivity index (χ0) is 22.3. The van der Waals surface area contributed by atoms with Crippen LogP contribution in [0.2, 0.25) is 0 Å². The zero-order valence-electron chi connectivity index (χ0n) is 18.1. The Morgan fingerprint density at radius 3 is 1.30 bits per heavy atom. The quantitative estimate of drug-likeness (QED) is 0.249. The number of anilines is 3. The third-order valence-electron chi connectivity index (χ3n) is 5.39. The molecular formula is C30H23N3. The second kappa shape index (κ2) is 9.75. The van der Waals surface area contributed by atoms with E-state index in [1.165, 1.54) is 11.1 Å². The number of para-hydroxylation sites is 1. The lowest BCUT2D eigenvalue weighted by molar-refractivity contribution is 1.22. The van der Waals surface area contributed by atoms with Gasteiger partial charge in [0.1, 0.15) is 0 Å². The van der Waals surface area contributed by atoms with E-state index in [0.717, 1.165) is 28.4 Å². The summed E-state index contributed by atoms with van der Waals surface area (Å²) in [5.74, 6) is 0. The molecule has 0 N–H and O–H groups in total. The van der Waals surface area contributed by atoms with Crippen molar-refractivity contribution in [3.8, 4) is 11.1 Å². The molecular weight excluding hydrogens is 402 g/mol. The molecule has 0 aromatic heterocycles. The lowest BCUT2D eigenvalue weighted by Gasteiger charge is -2.25. The Bertz CT molecular complexity index is 1310. The predicted molar refractivity (Wildman–Crippen MR) is 137 cm³/mol. The largest absolute Gasteiger partial charge is 0.311 e. The van der Waals surface area contributed by atoms with Crippen LogP contribution in [-0.4, -0.2) is 0 Å². The third kappa shape index (κ3) is 4.89. The number of benzene rings is 5. The Morgan fingerprint density at radius 1 is 0.333 bits per heavy atom. The molecule has 5 aromatic carbocycles. The van der Waals surface area contributed by atoms with Crippen molar-refractivity contribution in [3.05, 3.63) is 140 Å². The lowest BCUT2D eigenvalue weighted by atomic mass is 10.0. The van der Waals surface area contributed by atoms with Crippen LogP contribution in [0, 0.1) is 0 Å². The van der Waals surface area contributed by atoms with E-state index >= 15 is 0 Å². The van der Waals surface area contributed by atoms with Crippen molar-refractivity contribution >= 4 is 28.4 Å². The highest BCUT2D eigenvalue weighted by Crippen LogP contribution is 2.36. The smallest absolute Gasteiger partial charge is 0.0858 e.